The van der Waals surface area contributed by atoms with Crippen LogP contribution >= 0.6 is 11.6 Å². The Hall–Kier alpha value is -1.14. The Morgan fingerprint density at radius 2 is 2.17 bits per heavy atom. The Morgan fingerprint density at radius 3 is 2.78 bits per heavy atom. The summed E-state index contributed by atoms with van der Waals surface area (Å²) in [6.07, 6.45) is 2.34. The molecule has 0 aromatic carbocycles. The van der Waals surface area contributed by atoms with E-state index >= 15 is 0 Å². The highest BCUT2D eigenvalue weighted by Crippen LogP contribution is 2.30. The van der Waals surface area contributed by atoms with E-state index in [9.17, 15) is 0 Å². The molecule has 0 saturated heterocycles. The summed E-state index contributed by atoms with van der Waals surface area (Å²) in [5.41, 5.74) is 0. The number of nitrogens with zero attached hydrogens (tertiary/aromatic N) is 4. The maximum Gasteiger partial charge on any atom is 0.231 e. The van der Waals surface area contributed by atoms with Gasteiger partial charge >= 0.3 is 0 Å². The van der Waals surface area contributed by atoms with Gasteiger partial charge in [0, 0.05) is 26.2 Å². The number of methoxy groups -OCH3 is 1. The van der Waals surface area contributed by atoms with Gasteiger partial charge in [0.25, 0.3) is 0 Å². The molecule has 7 heteroatoms. The van der Waals surface area contributed by atoms with Gasteiger partial charge in [-0.05, 0) is 31.4 Å². The summed E-state index contributed by atoms with van der Waals surface area (Å²) in [4.78, 5) is 14.8. The third kappa shape index (κ3) is 3.43. The zero-order valence-corrected chi connectivity index (χ0v) is 11.4. The van der Waals surface area contributed by atoms with Crippen molar-refractivity contribution in [1.29, 1.82) is 0 Å². The molecule has 18 heavy (non-hydrogen) atoms. The number of hydrogen-bond acceptors (Lipinski definition) is 6. The first-order valence-corrected chi connectivity index (χ1v) is 6.53. The topological polar surface area (TPSA) is 63.2 Å². The van der Waals surface area contributed by atoms with Crippen LogP contribution < -0.4 is 10.2 Å². The average molecular weight is 272 g/mol. The largest absolute Gasteiger partial charge is 0.383 e. The molecule has 2 rings (SSSR count). The van der Waals surface area contributed by atoms with E-state index in [1.807, 2.05) is 6.92 Å². The van der Waals surface area contributed by atoms with Crippen molar-refractivity contribution in [1.82, 2.24) is 15.0 Å². The predicted molar refractivity (Wildman–Crippen MR) is 71.2 cm³/mol. The monoisotopic (exact) mass is 271 g/mol. The molecule has 0 aliphatic heterocycles. The smallest absolute Gasteiger partial charge is 0.231 e. The lowest BCUT2D eigenvalue weighted by molar-refractivity contribution is 0.204. The van der Waals surface area contributed by atoms with Crippen molar-refractivity contribution < 1.29 is 4.74 Å². The molecule has 0 amide bonds. The molecule has 1 saturated carbocycles. The first kappa shape index (κ1) is 13.3. The molecule has 100 valence electrons. The van der Waals surface area contributed by atoms with Gasteiger partial charge in [-0.1, -0.05) is 0 Å². The highest BCUT2D eigenvalue weighted by Gasteiger charge is 2.31. The van der Waals surface area contributed by atoms with Crippen molar-refractivity contribution in [2.75, 3.05) is 37.0 Å². The van der Waals surface area contributed by atoms with E-state index in [2.05, 4.69) is 25.2 Å². The maximum absolute atomic E-state index is 5.93. The Morgan fingerprint density at radius 1 is 1.39 bits per heavy atom. The number of halogens is 1. The highest BCUT2D eigenvalue weighted by molar-refractivity contribution is 6.28. The normalized spacial score (nSPS) is 14.6. The fraction of sp³-hybridized carbons (Fsp3) is 0.727. The van der Waals surface area contributed by atoms with Crippen molar-refractivity contribution >= 4 is 23.5 Å². The molecular weight excluding hydrogens is 254 g/mol. The van der Waals surface area contributed by atoms with Gasteiger partial charge in [0.1, 0.15) is 0 Å². The molecule has 0 atom stereocenters. The molecule has 1 aliphatic carbocycles. The van der Waals surface area contributed by atoms with Gasteiger partial charge in [-0.2, -0.15) is 15.0 Å². The molecule has 1 N–H and O–H groups in total. The fourth-order valence-corrected chi connectivity index (χ4v) is 1.88. The van der Waals surface area contributed by atoms with Crippen LogP contribution in [-0.2, 0) is 4.74 Å². The molecule has 1 heterocycles. The van der Waals surface area contributed by atoms with Crippen LogP contribution in [0, 0.1) is 0 Å². The first-order valence-electron chi connectivity index (χ1n) is 6.15. The summed E-state index contributed by atoms with van der Waals surface area (Å²) in [6.45, 7) is 4.16. The molecule has 1 fully saturated rings. The fourth-order valence-electron chi connectivity index (χ4n) is 1.73. The van der Waals surface area contributed by atoms with Crippen molar-refractivity contribution in [3.63, 3.8) is 0 Å². The minimum absolute atomic E-state index is 0.221. The van der Waals surface area contributed by atoms with Crippen LogP contribution in [0.2, 0.25) is 5.28 Å². The molecular formula is C11H18ClN5O. The summed E-state index contributed by atoms with van der Waals surface area (Å²) in [6, 6.07) is 0.507. The second-order valence-electron chi connectivity index (χ2n) is 4.18. The van der Waals surface area contributed by atoms with Crippen LogP contribution in [-0.4, -0.2) is 47.8 Å². The summed E-state index contributed by atoms with van der Waals surface area (Å²) in [5, 5.41) is 3.28. The molecule has 1 aromatic heterocycles. The van der Waals surface area contributed by atoms with E-state index in [-0.39, 0.29) is 5.28 Å². The second kappa shape index (κ2) is 6.15. The summed E-state index contributed by atoms with van der Waals surface area (Å²) >= 11 is 5.93. The molecule has 0 radical (unpaired) electrons. The molecule has 0 bridgehead atoms. The number of aromatic nitrogens is 3. The standard InChI is InChI=1S/C11H18ClN5O/c1-3-13-10-14-9(12)15-11(16-10)17(6-7-18-2)8-4-5-8/h8H,3-7H2,1-2H3,(H,13,14,15,16). The van der Waals surface area contributed by atoms with E-state index in [1.54, 1.807) is 7.11 Å². The first-order chi connectivity index (χ1) is 8.74. The summed E-state index contributed by atoms with van der Waals surface area (Å²) in [7, 11) is 1.69. The van der Waals surface area contributed by atoms with E-state index in [0.29, 0.717) is 24.5 Å². The molecule has 6 nitrogen and oxygen atoms in total. The zero-order valence-electron chi connectivity index (χ0n) is 10.7. The lowest BCUT2D eigenvalue weighted by Gasteiger charge is -2.22. The van der Waals surface area contributed by atoms with E-state index in [4.69, 9.17) is 16.3 Å². The van der Waals surface area contributed by atoms with Crippen molar-refractivity contribution in [3.05, 3.63) is 5.28 Å². The van der Waals surface area contributed by atoms with Crippen LogP contribution in [0.4, 0.5) is 11.9 Å². The Balaban J connectivity index is 2.17. The molecule has 1 aliphatic rings. The number of rotatable bonds is 7. The lowest BCUT2D eigenvalue weighted by atomic mass is 10.5. The van der Waals surface area contributed by atoms with Gasteiger partial charge in [-0.15, -0.1) is 0 Å². The number of anilines is 2. The van der Waals surface area contributed by atoms with Crippen molar-refractivity contribution in [2.45, 2.75) is 25.8 Å². The van der Waals surface area contributed by atoms with Crippen molar-refractivity contribution in [3.8, 4) is 0 Å². The molecule has 1 aromatic rings. The minimum atomic E-state index is 0.221. The Bertz CT molecular complexity index is 399. The lowest BCUT2D eigenvalue weighted by Crippen LogP contribution is -2.31. The SMILES string of the molecule is CCNc1nc(Cl)nc(N(CCOC)C2CC2)n1. The van der Waals surface area contributed by atoms with Gasteiger partial charge < -0.3 is 15.0 Å². The van der Waals surface area contributed by atoms with Gasteiger partial charge in [0.2, 0.25) is 17.2 Å². The van der Waals surface area contributed by atoms with Crippen LogP contribution in [0.5, 0.6) is 0 Å². The molecule has 0 spiro atoms. The minimum Gasteiger partial charge on any atom is -0.383 e. The van der Waals surface area contributed by atoms with Gasteiger partial charge in [0.15, 0.2) is 0 Å². The van der Waals surface area contributed by atoms with E-state index in [0.717, 1.165) is 13.1 Å². The summed E-state index contributed by atoms with van der Waals surface area (Å²) < 4.78 is 5.12. The highest BCUT2D eigenvalue weighted by atomic mass is 35.5. The molecule has 0 unspecified atom stereocenters. The predicted octanol–water partition coefficient (Wildman–Crippen LogP) is 1.57. The Kier molecular flexibility index (Phi) is 4.54. The van der Waals surface area contributed by atoms with Crippen LogP contribution in [0.15, 0.2) is 0 Å². The maximum atomic E-state index is 5.93. The summed E-state index contributed by atoms with van der Waals surface area (Å²) in [5.74, 6) is 1.15. The third-order valence-electron chi connectivity index (χ3n) is 2.71. The van der Waals surface area contributed by atoms with Crippen LogP contribution in [0.3, 0.4) is 0 Å². The van der Waals surface area contributed by atoms with E-state index < -0.39 is 0 Å². The zero-order chi connectivity index (χ0) is 13.0. The van der Waals surface area contributed by atoms with Crippen LogP contribution in [0.1, 0.15) is 19.8 Å². The van der Waals surface area contributed by atoms with Gasteiger partial charge in [-0.3, -0.25) is 0 Å². The Labute approximate surface area is 112 Å². The number of nitrogens with one attached hydrogen (secondary N) is 1. The third-order valence-corrected chi connectivity index (χ3v) is 2.88. The van der Waals surface area contributed by atoms with Gasteiger partial charge in [0.05, 0.1) is 6.61 Å². The number of hydrogen-bond donors (Lipinski definition) is 1. The van der Waals surface area contributed by atoms with Crippen molar-refractivity contribution in [2.24, 2.45) is 0 Å². The van der Waals surface area contributed by atoms with Gasteiger partial charge in [-0.25, -0.2) is 0 Å². The van der Waals surface area contributed by atoms with E-state index in [1.165, 1.54) is 12.8 Å². The van der Waals surface area contributed by atoms with Crippen LogP contribution in [0.25, 0.3) is 0 Å². The second-order valence-corrected chi connectivity index (χ2v) is 4.51. The number of ether oxygens (including phenoxy) is 1. The quantitative estimate of drug-likeness (QED) is 0.812. The average Bonchev–Trinajstić information content (AvgIpc) is 3.14.